The van der Waals surface area contributed by atoms with E-state index in [9.17, 15) is 14.0 Å². The van der Waals surface area contributed by atoms with Crippen molar-refractivity contribution in [3.8, 4) is 5.75 Å². The van der Waals surface area contributed by atoms with Gasteiger partial charge < -0.3 is 20.5 Å². The molecule has 0 aliphatic heterocycles. The average molecular weight is 365 g/mol. The van der Waals surface area contributed by atoms with E-state index < -0.39 is 17.8 Å². The summed E-state index contributed by atoms with van der Waals surface area (Å²) in [5.74, 6) is -0.298. The summed E-state index contributed by atoms with van der Waals surface area (Å²) in [5, 5.41) is 14.4. The number of nitrogens with zero attached hydrogens (tertiary/aromatic N) is 1. The number of amides is 2. The minimum atomic E-state index is -0.826. The van der Waals surface area contributed by atoms with Gasteiger partial charge in [-0.1, -0.05) is 0 Å². The first-order chi connectivity index (χ1) is 12.4. The van der Waals surface area contributed by atoms with E-state index in [1.807, 2.05) is 4.90 Å². The predicted molar refractivity (Wildman–Crippen MR) is 93.8 cm³/mol. The highest BCUT2D eigenvalue weighted by Crippen LogP contribution is 2.33. The van der Waals surface area contributed by atoms with Crippen LogP contribution >= 0.6 is 0 Å². The van der Waals surface area contributed by atoms with E-state index in [1.165, 1.54) is 38.2 Å². The first-order valence-electron chi connectivity index (χ1n) is 8.81. The number of ether oxygens (including phenoxy) is 1. The van der Waals surface area contributed by atoms with E-state index in [4.69, 9.17) is 9.84 Å². The number of methoxy groups -OCH3 is 1. The number of benzene rings is 1. The predicted octanol–water partition coefficient (Wildman–Crippen LogP) is 2.28. The smallest absolute Gasteiger partial charge is 0.319 e. The van der Waals surface area contributed by atoms with Crippen molar-refractivity contribution in [2.45, 2.75) is 37.8 Å². The van der Waals surface area contributed by atoms with E-state index in [0.717, 1.165) is 6.54 Å². The second-order valence-electron chi connectivity index (χ2n) is 7.03. The van der Waals surface area contributed by atoms with Crippen LogP contribution in [-0.2, 0) is 4.79 Å². The molecule has 3 rings (SSSR count). The molecule has 8 heteroatoms. The molecule has 2 aliphatic rings. The highest BCUT2D eigenvalue weighted by atomic mass is 19.1. The summed E-state index contributed by atoms with van der Waals surface area (Å²) in [4.78, 5) is 25.1. The Balaban J connectivity index is 1.47. The molecule has 0 atom stereocenters. The number of carboxylic acids is 1. The van der Waals surface area contributed by atoms with Crippen molar-refractivity contribution in [1.29, 1.82) is 0 Å². The lowest BCUT2D eigenvalue weighted by molar-refractivity contribution is -0.139. The van der Waals surface area contributed by atoms with Gasteiger partial charge in [-0.25, -0.2) is 9.18 Å². The van der Waals surface area contributed by atoms with Gasteiger partial charge in [0, 0.05) is 24.7 Å². The van der Waals surface area contributed by atoms with Crippen LogP contribution in [0.15, 0.2) is 18.2 Å². The molecule has 2 saturated carbocycles. The van der Waals surface area contributed by atoms with Crippen molar-refractivity contribution in [3.05, 3.63) is 24.0 Å². The third kappa shape index (κ3) is 4.85. The zero-order chi connectivity index (χ0) is 18.7. The number of anilines is 1. The van der Waals surface area contributed by atoms with Gasteiger partial charge in [0.15, 0.2) is 0 Å². The van der Waals surface area contributed by atoms with Gasteiger partial charge in [-0.3, -0.25) is 9.69 Å². The fourth-order valence-corrected chi connectivity index (χ4v) is 3.22. The third-order valence-electron chi connectivity index (χ3n) is 4.91. The Hall–Kier alpha value is -2.35. The average Bonchev–Trinajstić information content (AvgIpc) is 3.35. The molecule has 1 aromatic rings. The second kappa shape index (κ2) is 7.90. The Morgan fingerprint density at radius 3 is 2.69 bits per heavy atom. The Bertz CT molecular complexity index is 674. The molecular weight excluding hydrogens is 341 g/mol. The van der Waals surface area contributed by atoms with Crippen LogP contribution in [0.25, 0.3) is 0 Å². The summed E-state index contributed by atoms with van der Waals surface area (Å²) in [6, 6.07) is 3.78. The lowest BCUT2D eigenvalue weighted by Crippen LogP contribution is -2.55. The zero-order valence-corrected chi connectivity index (χ0v) is 14.7. The molecule has 3 N–H and O–H groups in total. The van der Waals surface area contributed by atoms with Crippen LogP contribution < -0.4 is 15.4 Å². The molecule has 1 aromatic carbocycles. The molecule has 0 aromatic heterocycles. The molecular formula is C18H24FN3O4. The topological polar surface area (TPSA) is 90.9 Å². The minimum Gasteiger partial charge on any atom is -0.497 e. The maximum atomic E-state index is 13.8. The summed E-state index contributed by atoms with van der Waals surface area (Å²) < 4.78 is 18.8. The molecule has 2 aliphatic carbocycles. The van der Waals surface area contributed by atoms with Crippen LogP contribution in [0, 0.1) is 11.7 Å². The van der Waals surface area contributed by atoms with Gasteiger partial charge in [-0.15, -0.1) is 0 Å². The lowest BCUT2D eigenvalue weighted by Gasteiger charge is -2.42. The molecule has 0 saturated heterocycles. The monoisotopic (exact) mass is 365 g/mol. The lowest BCUT2D eigenvalue weighted by atomic mass is 9.85. The van der Waals surface area contributed by atoms with Crippen molar-refractivity contribution in [2.75, 3.05) is 25.5 Å². The van der Waals surface area contributed by atoms with Crippen molar-refractivity contribution in [1.82, 2.24) is 10.2 Å². The summed E-state index contributed by atoms with van der Waals surface area (Å²) in [5.41, 5.74) is 0.0546. The fraction of sp³-hybridized carbons (Fsp3) is 0.556. The number of nitrogens with one attached hydrogen (secondary N) is 2. The number of urea groups is 1. The van der Waals surface area contributed by atoms with Gasteiger partial charge in [0.25, 0.3) is 0 Å². The highest BCUT2D eigenvalue weighted by Gasteiger charge is 2.37. The summed E-state index contributed by atoms with van der Waals surface area (Å²) in [6.45, 7) is 0.847. The molecule has 2 fully saturated rings. The molecule has 7 nitrogen and oxygen atoms in total. The molecule has 142 valence electrons. The number of aliphatic carboxylic acids is 1. The van der Waals surface area contributed by atoms with Crippen LogP contribution in [0.3, 0.4) is 0 Å². The highest BCUT2D eigenvalue weighted by molar-refractivity contribution is 5.89. The second-order valence-corrected chi connectivity index (χ2v) is 7.03. The Kier molecular flexibility index (Phi) is 5.61. The summed E-state index contributed by atoms with van der Waals surface area (Å²) in [7, 11) is 1.47. The number of halogens is 1. The third-order valence-corrected chi connectivity index (χ3v) is 4.91. The number of carbonyl (C=O) groups is 2. The van der Waals surface area contributed by atoms with E-state index >= 15 is 0 Å². The first kappa shape index (κ1) is 18.4. The van der Waals surface area contributed by atoms with Gasteiger partial charge in [0.2, 0.25) is 0 Å². The van der Waals surface area contributed by atoms with Crippen LogP contribution in [0.2, 0.25) is 0 Å². The minimum absolute atomic E-state index is 0.0368. The fourth-order valence-electron chi connectivity index (χ4n) is 3.22. The maximum absolute atomic E-state index is 13.8. The van der Waals surface area contributed by atoms with Crippen LogP contribution in [0.5, 0.6) is 5.75 Å². The van der Waals surface area contributed by atoms with Crippen molar-refractivity contribution in [3.63, 3.8) is 0 Å². The Morgan fingerprint density at radius 2 is 2.08 bits per heavy atom. The van der Waals surface area contributed by atoms with Crippen LogP contribution in [0.4, 0.5) is 14.9 Å². The molecule has 0 unspecified atom stereocenters. The number of carbonyl (C=O) groups excluding carboxylic acids is 1. The summed E-state index contributed by atoms with van der Waals surface area (Å²) >= 11 is 0. The van der Waals surface area contributed by atoms with Crippen LogP contribution in [-0.4, -0.2) is 54.3 Å². The van der Waals surface area contributed by atoms with Crippen molar-refractivity contribution in [2.24, 2.45) is 5.92 Å². The molecule has 26 heavy (non-hydrogen) atoms. The van der Waals surface area contributed by atoms with Gasteiger partial charge >= 0.3 is 12.0 Å². The van der Waals surface area contributed by atoms with E-state index in [1.54, 1.807) is 0 Å². The Morgan fingerprint density at radius 1 is 1.35 bits per heavy atom. The first-order valence-corrected chi connectivity index (χ1v) is 8.81. The molecule has 2 amide bonds. The molecule has 0 bridgehead atoms. The van der Waals surface area contributed by atoms with Gasteiger partial charge in [0.1, 0.15) is 11.6 Å². The Labute approximate surface area is 151 Å². The largest absolute Gasteiger partial charge is 0.497 e. The van der Waals surface area contributed by atoms with E-state index in [2.05, 4.69) is 10.6 Å². The number of hydrogen-bond donors (Lipinski definition) is 3. The normalized spacial score (nSPS) is 21.8. The van der Waals surface area contributed by atoms with Gasteiger partial charge in [-0.2, -0.15) is 0 Å². The maximum Gasteiger partial charge on any atom is 0.319 e. The van der Waals surface area contributed by atoms with Crippen LogP contribution in [0.1, 0.15) is 25.7 Å². The van der Waals surface area contributed by atoms with Crippen molar-refractivity contribution < 1.29 is 23.8 Å². The standard InChI is InChI=1S/C18H24FN3O4/c1-26-14-4-5-15(19)16(8-14)21-18(25)20-12-6-13(7-12)22(10-17(23)24)9-11-2-3-11/h4-5,8,11-13H,2-3,6-7,9-10H2,1H3,(H,23,24)(H2,20,21,25). The quantitative estimate of drug-likeness (QED) is 0.657. The SMILES string of the molecule is COc1ccc(F)c(NC(=O)NC2CC(N(CC(=O)O)CC3CC3)C2)c1. The molecule has 0 radical (unpaired) electrons. The molecule has 0 heterocycles. The van der Waals surface area contributed by atoms with E-state index in [-0.39, 0.29) is 24.3 Å². The molecule has 0 spiro atoms. The van der Waals surface area contributed by atoms with Gasteiger partial charge in [0.05, 0.1) is 19.3 Å². The zero-order valence-electron chi connectivity index (χ0n) is 14.7. The number of rotatable bonds is 8. The van der Waals surface area contributed by atoms with Gasteiger partial charge in [-0.05, 0) is 43.7 Å². The number of hydrogen-bond acceptors (Lipinski definition) is 4. The number of carboxylic acid groups (broad SMARTS) is 1. The summed E-state index contributed by atoms with van der Waals surface area (Å²) in [6.07, 6.45) is 3.74. The van der Waals surface area contributed by atoms with Crippen molar-refractivity contribution >= 4 is 17.7 Å². The van der Waals surface area contributed by atoms with E-state index in [0.29, 0.717) is 24.5 Å².